The standard InChI is InChI=1S/C10H17ClN2.C8H8F3N.C8H18O.C3H6O.C2H6/c1-5-9(8(3)12-4)10(6-2)13-7-11;9-7-5(4-12)2-1-3-6(7)8(10)11;1-4-6-9-7-5-8(2)3;1-2-3-4;1-2/h4-7H2,1-3H3;1-3,8H,4,12H2;8H,4-7H2,1-3H3;3H,2H2,1H3;1-2H3/b9-8-,13-10-;;;;. The van der Waals surface area contributed by atoms with E-state index in [1.54, 1.807) is 0 Å². The number of hydrogen-bond donors (Lipinski definition) is 1. The van der Waals surface area contributed by atoms with Gasteiger partial charge in [0.15, 0.2) is 0 Å². The van der Waals surface area contributed by atoms with Gasteiger partial charge in [-0.3, -0.25) is 9.98 Å². The van der Waals surface area contributed by atoms with Gasteiger partial charge >= 0.3 is 0 Å². The van der Waals surface area contributed by atoms with E-state index >= 15 is 0 Å². The summed E-state index contributed by atoms with van der Waals surface area (Å²) in [5, 5.41) is 0. The number of halogens is 4. The number of ether oxygens (including phenoxy) is 1. The number of hydrogen-bond acceptors (Lipinski definition) is 5. The molecule has 2 N–H and O–H groups in total. The monoisotopic (exact) mass is 593 g/mol. The predicted octanol–water partition coefficient (Wildman–Crippen LogP) is 9.72. The minimum Gasteiger partial charge on any atom is -0.381 e. The van der Waals surface area contributed by atoms with Crippen LogP contribution in [0.3, 0.4) is 0 Å². The minimum absolute atomic E-state index is 0.0631. The molecule has 0 spiro atoms. The number of alkyl halides is 3. The van der Waals surface area contributed by atoms with Gasteiger partial charge in [-0.2, -0.15) is 0 Å². The topological polar surface area (TPSA) is 77.0 Å². The highest BCUT2D eigenvalue weighted by Gasteiger charge is 2.14. The Morgan fingerprint density at radius 3 is 2.05 bits per heavy atom. The molecule has 1 aromatic carbocycles. The van der Waals surface area contributed by atoms with Gasteiger partial charge in [0.2, 0.25) is 0 Å². The first kappa shape index (κ1) is 45.0. The smallest absolute Gasteiger partial charge is 0.266 e. The van der Waals surface area contributed by atoms with Gasteiger partial charge in [-0.15, -0.1) is 11.6 Å². The lowest BCUT2D eigenvalue weighted by molar-refractivity contribution is -0.107. The lowest BCUT2D eigenvalue weighted by Crippen LogP contribution is -2.03. The number of nitrogens with zero attached hydrogens (tertiary/aromatic N) is 2. The van der Waals surface area contributed by atoms with Gasteiger partial charge in [-0.05, 0) is 50.8 Å². The Morgan fingerprint density at radius 1 is 1.12 bits per heavy atom. The number of aliphatic imine (C=N–C) groups is 2. The van der Waals surface area contributed by atoms with Gasteiger partial charge in [0.1, 0.15) is 18.1 Å². The largest absolute Gasteiger partial charge is 0.381 e. The summed E-state index contributed by atoms with van der Waals surface area (Å²) >= 11 is 5.57. The van der Waals surface area contributed by atoms with E-state index in [1.807, 2.05) is 27.7 Å². The summed E-state index contributed by atoms with van der Waals surface area (Å²) in [4.78, 5) is 17.3. The first-order chi connectivity index (χ1) is 19.1. The summed E-state index contributed by atoms with van der Waals surface area (Å²) in [6, 6.07) is 4.13. The summed E-state index contributed by atoms with van der Waals surface area (Å²) in [7, 11) is 0. The molecule has 0 radical (unpaired) electrons. The van der Waals surface area contributed by atoms with Gasteiger partial charge in [0, 0.05) is 43.2 Å². The van der Waals surface area contributed by atoms with Gasteiger partial charge in [-0.25, -0.2) is 13.2 Å². The highest BCUT2D eigenvalue weighted by molar-refractivity contribution is 6.18. The van der Waals surface area contributed by atoms with E-state index in [0.717, 1.165) is 67.7 Å². The third-order valence-electron chi connectivity index (χ3n) is 4.88. The number of benzene rings is 1. The molecule has 0 aliphatic rings. The molecule has 0 bridgehead atoms. The molecule has 0 saturated heterocycles. The zero-order chi connectivity index (χ0) is 31.9. The number of aldehydes is 1. The minimum atomic E-state index is -2.78. The van der Waals surface area contributed by atoms with Crippen LogP contribution in [0.4, 0.5) is 13.2 Å². The molecule has 0 heterocycles. The van der Waals surface area contributed by atoms with Crippen LogP contribution in [-0.4, -0.2) is 37.9 Å². The lowest BCUT2D eigenvalue weighted by Gasteiger charge is -2.08. The molecule has 0 unspecified atom stereocenters. The third kappa shape index (κ3) is 25.0. The van der Waals surface area contributed by atoms with E-state index in [4.69, 9.17) is 22.1 Å². The molecule has 0 amide bonds. The maximum Gasteiger partial charge on any atom is 0.266 e. The maximum absolute atomic E-state index is 13.0. The van der Waals surface area contributed by atoms with E-state index in [1.165, 1.54) is 18.6 Å². The van der Waals surface area contributed by atoms with Crippen LogP contribution in [0, 0.1) is 11.7 Å². The van der Waals surface area contributed by atoms with Crippen LogP contribution in [0.2, 0.25) is 0 Å². The second-order valence-electron chi connectivity index (χ2n) is 8.35. The quantitative estimate of drug-likeness (QED) is 0.0812. The first-order valence-corrected chi connectivity index (χ1v) is 14.6. The van der Waals surface area contributed by atoms with Gasteiger partial charge in [-0.1, -0.05) is 73.6 Å². The summed E-state index contributed by atoms with van der Waals surface area (Å²) in [6.07, 6.45) is 2.88. The van der Waals surface area contributed by atoms with Crippen molar-refractivity contribution in [2.75, 3.05) is 19.2 Å². The number of allylic oxidation sites excluding steroid dienone is 2. The normalized spacial score (nSPS) is 10.9. The molecule has 1 rings (SSSR count). The molecule has 5 nitrogen and oxygen atoms in total. The highest BCUT2D eigenvalue weighted by atomic mass is 35.5. The van der Waals surface area contributed by atoms with E-state index in [0.29, 0.717) is 12.4 Å². The fourth-order valence-corrected chi connectivity index (χ4v) is 2.89. The third-order valence-corrected chi connectivity index (χ3v) is 5.00. The Morgan fingerprint density at radius 2 is 1.70 bits per heavy atom. The molecule has 0 saturated carbocycles. The molecule has 0 aromatic heterocycles. The SMILES string of the molecule is C=N/C(C)=C(CC)\C(CC)=N/CCl.CC.CCC=O.CCCOCCC(C)C.NCc1cccc(C(F)F)c1F. The van der Waals surface area contributed by atoms with Crippen molar-refractivity contribution in [1.29, 1.82) is 0 Å². The maximum atomic E-state index is 13.0. The molecule has 9 heteroatoms. The van der Waals surface area contributed by atoms with Crippen molar-refractivity contribution in [2.45, 2.75) is 107 Å². The van der Waals surface area contributed by atoms with E-state index in [-0.39, 0.29) is 12.1 Å². The molecular formula is C31H55ClF3N3O2. The summed E-state index contributed by atoms with van der Waals surface area (Å²) < 4.78 is 42.4. The van der Waals surface area contributed by atoms with Crippen molar-refractivity contribution < 1.29 is 22.7 Å². The fourth-order valence-electron chi connectivity index (χ4n) is 2.75. The molecular weight excluding hydrogens is 539 g/mol. The van der Waals surface area contributed by atoms with Crippen molar-refractivity contribution in [3.8, 4) is 0 Å². The van der Waals surface area contributed by atoms with Gasteiger partial charge in [0.05, 0.1) is 5.56 Å². The second kappa shape index (κ2) is 33.2. The number of rotatable bonds is 13. The lowest BCUT2D eigenvalue weighted by atomic mass is 10.0. The number of nitrogens with two attached hydrogens (primary N) is 1. The Bertz CT molecular complexity index is 802. The van der Waals surface area contributed by atoms with E-state index in [9.17, 15) is 18.0 Å². The van der Waals surface area contributed by atoms with Crippen LogP contribution in [-0.2, 0) is 16.1 Å². The van der Waals surface area contributed by atoms with Crippen molar-refractivity contribution in [2.24, 2.45) is 21.6 Å². The predicted molar refractivity (Wildman–Crippen MR) is 169 cm³/mol. The second-order valence-corrected chi connectivity index (χ2v) is 8.59. The Kier molecular flexibility index (Phi) is 37.3. The fraction of sp³-hybridized carbons (Fsp3) is 0.645. The molecule has 0 atom stereocenters. The van der Waals surface area contributed by atoms with Gasteiger partial charge < -0.3 is 15.3 Å². The van der Waals surface area contributed by atoms with Crippen LogP contribution < -0.4 is 5.73 Å². The van der Waals surface area contributed by atoms with Crippen LogP contribution in [0.15, 0.2) is 39.5 Å². The van der Waals surface area contributed by atoms with Gasteiger partial charge in [0.25, 0.3) is 6.43 Å². The molecule has 0 aliphatic heterocycles. The number of carbonyl (C=O) groups is 1. The van der Waals surface area contributed by atoms with Crippen molar-refractivity contribution in [1.82, 2.24) is 0 Å². The molecule has 1 aromatic rings. The van der Waals surface area contributed by atoms with Crippen molar-refractivity contribution in [3.05, 3.63) is 46.4 Å². The first-order valence-electron chi connectivity index (χ1n) is 14.1. The Hall–Kier alpha value is -2.03. The molecule has 0 aliphatic carbocycles. The number of carbonyl (C=O) groups excluding carboxylic acids is 1. The molecule has 234 valence electrons. The van der Waals surface area contributed by atoms with E-state index in [2.05, 4.69) is 51.3 Å². The summed E-state index contributed by atoms with van der Waals surface area (Å²) in [5.41, 5.74) is 7.83. The zero-order valence-corrected chi connectivity index (χ0v) is 27.1. The Balaban J connectivity index is -0.000000223. The van der Waals surface area contributed by atoms with Crippen LogP contribution in [0.1, 0.15) is 112 Å². The average Bonchev–Trinajstić information content (AvgIpc) is 2.96. The van der Waals surface area contributed by atoms with Crippen molar-refractivity contribution in [3.63, 3.8) is 0 Å². The molecule has 0 fully saturated rings. The van der Waals surface area contributed by atoms with Crippen LogP contribution in [0.5, 0.6) is 0 Å². The zero-order valence-electron chi connectivity index (χ0n) is 26.3. The Labute approximate surface area is 247 Å². The summed E-state index contributed by atoms with van der Waals surface area (Å²) in [6.45, 7) is 23.8. The van der Waals surface area contributed by atoms with Crippen molar-refractivity contribution >= 4 is 30.3 Å². The molecule has 40 heavy (non-hydrogen) atoms. The summed E-state index contributed by atoms with van der Waals surface area (Å²) in [5.74, 6) is -0.114. The highest BCUT2D eigenvalue weighted by Crippen LogP contribution is 2.23. The van der Waals surface area contributed by atoms with E-state index < -0.39 is 17.8 Å². The van der Waals surface area contributed by atoms with Crippen LogP contribution >= 0.6 is 11.6 Å². The average molecular weight is 594 g/mol. The van der Waals surface area contributed by atoms with Crippen LogP contribution in [0.25, 0.3) is 0 Å².